The highest BCUT2D eigenvalue weighted by atomic mass is 32.1. The molecule has 0 aromatic carbocycles. The molecule has 0 fully saturated rings. The molecule has 0 amide bonds. The number of hydrogen-bond acceptors (Lipinski definition) is 3. The molecule has 4 heteroatoms. The van der Waals surface area contributed by atoms with E-state index in [2.05, 4.69) is 4.98 Å². The Kier molecular flexibility index (Phi) is 2.28. The maximum absolute atomic E-state index is 10.5. The molecule has 0 unspecified atom stereocenters. The molecular weight excluding hydrogens is 198 g/mol. The van der Waals surface area contributed by atoms with Crippen LogP contribution in [0.1, 0.15) is 10.5 Å². The van der Waals surface area contributed by atoms with Crippen molar-refractivity contribution >= 4 is 17.3 Å². The first-order valence-electron chi connectivity index (χ1n) is 4.00. The number of aromatic carboxylic acids is 1. The van der Waals surface area contributed by atoms with Gasteiger partial charge < -0.3 is 5.11 Å². The van der Waals surface area contributed by atoms with Crippen molar-refractivity contribution in [2.45, 2.75) is 0 Å². The van der Waals surface area contributed by atoms with E-state index in [-0.39, 0.29) is 5.69 Å². The highest BCUT2D eigenvalue weighted by Crippen LogP contribution is 2.23. The van der Waals surface area contributed by atoms with Gasteiger partial charge in [-0.1, -0.05) is 6.07 Å². The van der Waals surface area contributed by atoms with E-state index in [4.69, 9.17) is 5.11 Å². The molecule has 2 heterocycles. The van der Waals surface area contributed by atoms with Gasteiger partial charge >= 0.3 is 5.97 Å². The van der Waals surface area contributed by atoms with Gasteiger partial charge in [-0.3, -0.25) is 0 Å². The van der Waals surface area contributed by atoms with Crippen LogP contribution in [0.25, 0.3) is 10.4 Å². The molecule has 1 N–H and O–H groups in total. The van der Waals surface area contributed by atoms with Gasteiger partial charge in [0.1, 0.15) is 5.69 Å². The van der Waals surface area contributed by atoms with Crippen molar-refractivity contribution in [2.75, 3.05) is 0 Å². The molecule has 3 nitrogen and oxygen atoms in total. The van der Waals surface area contributed by atoms with Crippen molar-refractivity contribution in [3.63, 3.8) is 0 Å². The monoisotopic (exact) mass is 205 g/mol. The van der Waals surface area contributed by atoms with Crippen LogP contribution in [-0.4, -0.2) is 16.1 Å². The molecule has 2 aromatic heterocycles. The van der Waals surface area contributed by atoms with E-state index in [9.17, 15) is 4.79 Å². The molecule has 0 saturated heterocycles. The average molecular weight is 205 g/mol. The number of hydrogen-bond donors (Lipinski definition) is 1. The van der Waals surface area contributed by atoms with Gasteiger partial charge in [-0.2, -0.15) is 0 Å². The average Bonchev–Trinajstić information content (AvgIpc) is 2.71. The normalized spacial score (nSPS) is 10.0. The Bertz CT molecular complexity index is 434. The first kappa shape index (κ1) is 8.90. The number of aromatic nitrogens is 1. The first-order valence-corrected chi connectivity index (χ1v) is 4.88. The van der Waals surface area contributed by atoms with Crippen molar-refractivity contribution in [3.05, 3.63) is 41.5 Å². The molecule has 0 spiro atoms. The maximum atomic E-state index is 10.5. The van der Waals surface area contributed by atoms with Crippen molar-refractivity contribution in [2.24, 2.45) is 0 Å². The summed E-state index contributed by atoms with van der Waals surface area (Å²) in [7, 11) is 0. The second-order valence-electron chi connectivity index (χ2n) is 2.71. The Balaban J connectivity index is 2.36. The lowest BCUT2D eigenvalue weighted by atomic mass is 10.2. The standard InChI is InChI=1S/C10H7NO2S/c12-10(13)8-4-3-7(6-11-8)9-2-1-5-14-9/h1-6H,(H,12,13). The lowest BCUT2D eigenvalue weighted by molar-refractivity contribution is 0.0690. The van der Waals surface area contributed by atoms with Crippen LogP contribution in [0.2, 0.25) is 0 Å². The first-order chi connectivity index (χ1) is 6.77. The summed E-state index contributed by atoms with van der Waals surface area (Å²) >= 11 is 1.60. The van der Waals surface area contributed by atoms with Gasteiger partial charge in [0.15, 0.2) is 0 Å². The smallest absolute Gasteiger partial charge is 0.354 e. The Labute approximate surface area is 84.7 Å². The molecule has 0 aliphatic heterocycles. The molecule has 0 aliphatic carbocycles. The van der Waals surface area contributed by atoms with E-state index in [1.807, 2.05) is 17.5 Å². The third-order valence-electron chi connectivity index (χ3n) is 1.79. The third kappa shape index (κ3) is 1.65. The fourth-order valence-electron chi connectivity index (χ4n) is 1.11. The highest BCUT2D eigenvalue weighted by molar-refractivity contribution is 7.13. The molecule has 0 atom stereocenters. The largest absolute Gasteiger partial charge is 0.477 e. The van der Waals surface area contributed by atoms with Crippen molar-refractivity contribution < 1.29 is 9.90 Å². The molecule has 2 aromatic rings. The fraction of sp³-hybridized carbons (Fsp3) is 0. The van der Waals surface area contributed by atoms with Gasteiger partial charge in [0.25, 0.3) is 0 Å². The minimum absolute atomic E-state index is 0.0744. The van der Waals surface area contributed by atoms with Crippen LogP contribution < -0.4 is 0 Å². The van der Waals surface area contributed by atoms with Gasteiger partial charge in [0, 0.05) is 16.6 Å². The van der Waals surface area contributed by atoms with Crippen LogP contribution in [-0.2, 0) is 0 Å². The number of carboxylic acids is 1. The summed E-state index contributed by atoms with van der Waals surface area (Å²) in [6, 6.07) is 7.20. The molecule has 2 rings (SSSR count). The van der Waals surface area contributed by atoms with Crippen LogP contribution in [0.3, 0.4) is 0 Å². The number of rotatable bonds is 2. The molecule has 0 radical (unpaired) electrons. The number of carboxylic acid groups (broad SMARTS) is 1. The van der Waals surface area contributed by atoms with E-state index < -0.39 is 5.97 Å². The minimum atomic E-state index is -0.997. The topological polar surface area (TPSA) is 50.2 Å². The maximum Gasteiger partial charge on any atom is 0.354 e. The summed E-state index contributed by atoms with van der Waals surface area (Å²) < 4.78 is 0. The second kappa shape index (κ2) is 3.59. The molecular formula is C10H7NO2S. The van der Waals surface area contributed by atoms with Gasteiger partial charge in [-0.05, 0) is 23.6 Å². The zero-order valence-corrected chi connectivity index (χ0v) is 7.99. The summed E-state index contributed by atoms with van der Waals surface area (Å²) in [5.41, 5.74) is 1.02. The summed E-state index contributed by atoms with van der Waals surface area (Å²) in [5.74, 6) is -0.997. The molecule has 0 aliphatic rings. The van der Waals surface area contributed by atoms with E-state index in [0.717, 1.165) is 10.4 Å². The zero-order valence-electron chi connectivity index (χ0n) is 7.18. The van der Waals surface area contributed by atoms with E-state index >= 15 is 0 Å². The van der Waals surface area contributed by atoms with Gasteiger partial charge in [0.2, 0.25) is 0 Å². The Morgan fingerprint density at radius 1 is 1.36 bits per heavy atom. The van der Waals surface area contributed by atoms with Crippen molar-refractivity contribution in [3.8, 4) is 10.4 Å². The lowest BCUT2D eigenvalue weighted by Gasteiger charge is -1.96. The predicted molar refractivity (Wildman–Crippen MR) is 54.5 cm³/mol. The minimum Gasteiger partial charge on any atom is -0.477 e. The summed E-state index contributed by atoms with van der Waals surface area (Å²) in [4.78, 5) is 15.5. The van der Waals surface area contributed by atoms with E-state index in [0.29, 0.717) is 0 Å². The molecule has 14 heavy (non-hydrogen) atoms. The quantitative estimate of drug-likeness (QED) is 0.819. The van der Waals surface area contributed by atoms with Crippen molar-refractivity contribution in [1.29, 1.82) is 0 Å². The van der Waals surface area contributed by atoms with Gasteiger partial charge in [-0.15, -0.1) is 11.3 Å². The van der Waals surface area contributed by atoms with Crippen molar-refractivity contribution in [1.82, 2.24) is 4.98 Å². The van der Waals surface area contributed by atoms with Gasteiger partial charge in [-0.25, -0.2) is 9.78 Å². The second-order valence-corrected chi connectivity index (χ2v) is 3.66. The summed E-state index contributed by atoms with van der Waals surface area (Å²) in [6.07, 6.45) is 1.58. The fourth-order valence-corrected chi connectivity index (χ4v) is 1.83. The summed E-state index contributed by atoms with van der Waals surface area (Å²) in [5, 5.41) is 10.6. The number of pyridine rings is 1. The molecule has 0 bridgehead atoms. The number of nitrogens with zero attached hydrogens (tertiary/aromatic N) is 1. The summed E-state index contributed by atoms with van der Waals surface area (Å²) in [6.45, 7) is 0. The Hall–Kier alpha value is -1.68. The van der Waals surface area contributed by atoms with Gasteiger partial charge in [0.05, 0.1) is 0 Å². The Morgan fingerprint density at radius 3 is 2.71 bits per heavy atom. The number of thiophene rings is 1. The molecule has 0 saturated carbocycles. The van der Waals surface area contributed by atoms with Crippen LogP contribution in [0, 0.1) is 0 Å². The zero-order chi connectivity index (χ0) is 9.97. The number of carbonyl (C=O) groups is 1. The Morgan fingerprint density at radius 2 is 2.21 bits per heavy atom. The van der Waals surface area contributed by atoms with Crippen LogP contribution in [0.4, 0.5) is 0 Å². The van der Waals surface area contributed by atoms with Crippen LogP contribution >= 0.6 is 11.3 Å². The SMILES string of the molecule is O=C(O)c1ccc(-c2cccs2)cn1. The third-order valence-corrected chi connectivity index (χ3v) is 2.71. The van der Waals surface area contributed by atoms with Crippen LogP contribution in [0.15, 0.2) is 35.8 Å². The lowest BCUT2D eigenvalue weighted by Crippen LogP contribution is -1.98. The predicted octanol–water partition coefficient (Wildman–Crippen LogP) is 2.51. The molecule has 70 valence electrons. The van der Waals surface area contributed by atoms with E-state index in [1.165, 1.54) is 6.07 Å². The highest BCUT2D eigenvalue weighted by Gasteiger charge is 2.04. The van der Waals surface area contributed by atoms with E-state index in [1.54, 1.807) is 23.6 Å². The van der Waals surface area contributed by atoms with Crippen LogP contribution in [0.5, 0.6) is 0 Å².